The molecule has 3 aromatic heterocycles. The van der Waals surface area contributed by atoms with E-state index in [2.05, 4.69) is 150 Å². The van der Waals surface area contributed by atoms with Crippen LogP contribution in [0.25, 0.3) is 116 Å². The predicted molar refractivity (Wildman–Crippen MR) is 203 cm³/mol. The van der Waals surface area contributed by atoms with Crippen molar-refractivity contribution in [2.24, 2.45) is 0 Å². The predicted octanol–water partition coefficient (Wildman–Crippen LogP) is 13.1. The molecule has 0 atom stereocenters. The monoisotopic (exact) mass is 623 g/mol. The quantitative estimate of drug-likeness (QED) is 0.192. The van der Waals surface area contributed by atoms with E-state index in [4.69, 9.17) is 8.83 Å². The molecular formula is C46H25NO2. The van der Waals surface area contributed by atoms with Crippen molar-refractivity contribution in [2.75, 3.05) is 0 Å². The minimum atomic E-state index is 0.885. The lowest BCUT2D eigenvalue weighted by molar-refractivity contribution is 0.668. The number of rotatable bonds is 2. The first-order valence-electron chi connectivity index (χ1n) is 16.8. The van der Waals surface area contributed by atoms with Crippen LogP contribution in [0.2, 0.25) is 0 Å². The van der Waals surface area contributed by atoms with E-state index in [1.54, 1.807) is 0 Å². The van der Waals surface area contributed by atoms with Gasteiger partial charge in [0.25, 0.3) is 0 Å². The van der Waals surface area contributed by atoms with Crippen molar-refractivity contribution in [3.8, 4) is 39.1 Å². The third kappa shape index (κ3) is 3.26. The summed E-state index contributed by atoms with van der Waals surface area (Å²) < 4.78 is 15.1. The Morgan fingerprint density at radius 3 is 1.86 bits per heavy atom. The molecule has 12 rings (SSSR count). The molecule has 49 heavy (non-hydrogen) atoms. The number of para-hydroxylation sites is 2. The Hall–Kier alpha value is -6.58. The highest BCUT2D eigenvalue weighted by Crippen LogP contribution is 2.49. The lowest BCUT2D eigenvalue weighted by Crippen LogP contribution is -1.93. The number of hydrogen-bond acceptors (Lipinski definition) is 2. The van der Waals surface area contributed by atoms with E-state index in [9.17, 15) is 0 Å². The molecular weight excluding hydrogens is 599 g/mol. The molecule has 0 saturated carbocycles. The maximum Gasteiger partial charge on any atom is 0.136 e. The first-order chi connectivity index (χ1) is 24.3. The lowest BCUT2D eigenvalue weighted by atomic mass is 9.93. The van der Waals surface area contributed by atoms with Crippen LogP contribution in [0, 0.1) is 0 Å². The number of benzene rings is 8. The number of nitrogens with zero attached hydrogens (tertiary/aromatic N) is 1. The van der Waals surface area contributed by atoms with Crippen molar-refractivity contribution in [2.45, 2.75) is 0 Å². The highest BCUT2D eigenvalue weighted by molar-refractivity contribution is 6.27. The fourth-order valence-electron chi connectivity index (χ4n) is 8.68. The van der Waals surface area contributed by atoms with Crippen LogP contribution in [0.5, 0.6) is 0 Å². The van der Waals surface area contributed by atoms with Gasteiger partial charge in [-0.3, -0.25) is 0 Å². The minimum absolute atomic E-state index is 0.885. The van der Waals surface area contributed by atoms with Crippen molar-refractivity contribution in [3.05, 3.63) is 152 Å². The summed E-state index contributed by atoms with van der Waals surface area (Å²) in [6.45, 7) is 0. The molecule has 3 heterocycles. The molecule has 0 aliphatic heterocycles. The Labute approximate surface area is 279 Å². The topological polar surface area (TPSA) is 31.2 Å². The molecule has 1 aliphatic carbocycles. The van der Waals surface area contributed by atoms with Gasteiger partial charge in [0, 0.05) is 38.0 Å². The molecule has 0 N–H and O–H groups in total. The molecule has 0 amide bonds. The SMILES string of the molecule is c1ccc2c(c1)-c1cccc3c(-c4ccc5oc6ccc(-n7c8ccccc8c8c9c(ccc87)oc7ccccc79)cc6c5c4)ccc-2c13. The Morgan fingerprint density at radius 2 is 0.959 bits per heavy atom. The third-order valence-corrected chi connectivity index (χ3v) is 10.7. The van der Waals surface area contributed by atoms with Gasteiger partial charge in [-0.2, -0.15) is 0 Å². The van der Waals surface area contributed by atoms with Crippen LogP contribution >= 0.6 is 0 Å². The summed E-state index contributed by atoms with van der Waals surface area (Å²) in [7, 11) is 0. The van der Waals surface area contributed by atoms with Crippen LogP contribution in [0.15, 0.2) is 160 Å². The summed E-state index contributed by atoms with van der Waals surface area (Å²) in [5, 5.41) is 9.57. The highest BCUT2D eigenvalue weighted by Gasteiger charge is 2.23. The molecule has 0 unspecified atom stereocenters. The van der Waals surface area contributed by atoms with E-state index < -0.39 is 0 Å². The van der Waals surface area contributed by atoms with Crippen LogP contribution in [-0.2, 0) is 0 Å². The highest BCUT2D eigenvalue weighted by atomic mass is 16.3. The zero-order valence-corrected chi connectivity index (χ0v) is 26.2. The lowest BCUT2D eigenvalue weighted by Gasteiger charge is -2.10. The Bertz CT molecular complexity index is 3190. The summed E-state index contributed by atoms with van der Waals surface area (Å²) in [5.74, 6) is 0. The first kappa shape index (κ1) is 25.5. The Kier molecular flexibility index (Phi) is 4.72. The van der Waals surface area contributed by atoms with Crippen LogP contribution in [0.3, 0.4) is 0 Å². The fraction of sp³-hybridized carbons (Fsp3) is 0. The van der Waals surface area contributed by atoms with Crippen LogP contribution < -0.4 is 0 Å². The Balaban J connectivity index is 1.09. The van der Waals surface area contributed by atoms with Crippen LogP contribution in [-0.4, -0.2) is 4.57 Å². The molecule has 1 aliphatic rings. The van der Waals surface area contributed by atoms with Gasteiger partial charge >= 0.3 is 0 Å². The van der Waals surface area contributed by atoms with Gasteiger partial charge in [0.2, 0.25) is 0 Å². The smallest absolute Gasteiger partial charge is 0.136 e. The van der Waals surface area contributed by atoms with Crippen molar-refractivity contribution in [1.29, 1.82) is 0 Å². The standard InChI is InChI=1S/C46H25NO2/c1-2-9-30-29(8-1)32-13-7-12-31-28(18-19-33(30)44(31)32)26-16-21-41-36(24-26)37-25-27(17-22-42(37)48-41)47-38-14-5-3-10-34(38)45-39(47)20-23-43-46(45)35-11-4-6-15-40(35)49-43/h1-25H. The van der Waals surface area contributed by atoms with Gasteiger partial charge in [0.15, 0.2) is 0 Å². The number of aromatic nitrogens is 1. The van der Waals surface area contributed by atoms with Gasteiger partial charge in [-0.05, 0) is 98.8 Å². The zero-order chi connectivity index (χ0) is 31.8. The minimum Gasteiger partial charge on any atom is -0.456 e. The third-order valence-electron chi connectivity index (χ3n) is 10.7. The van der Waals surface area contributed by atoms with Gasteiger partial charge in [-0.25, -0.2) is 0 Å². The van der Waals surface area contributed by atoms with E-state index >= 15 is 0 Å². The normalized spacial score (nSPS) is 12.5. The summed E-state index contributed by atoms with van der Waals surface area (Å²) in [6.07, 6.45) is 0. The Morgan fingerprint density at radius 1 is 0.327 bits per heavy atom. The molecule has 11 aromatic rings. The van der Waals surface area contributed by atoms with Crippen molar-refractivity contribution >= 4 is 76.5 Å². The molecule has 0 spiro atoms. The zero-order valence-electron chi connectivity index (χ0n) is 26.2. The number of furan rings is 2. The van der Waals surface area contributed by atoms with Gasteiger partial charge in [-0.1, -0.05) is 97.1 Å². The molecule has 8 aromatic carbocycles. The van der Waals surface area contributed by atoms with Crippen LogP contribution in [0.4, 0.5) is 0 Å². The van der Waals surface area contributed by atoms with Crippen LogP contribution in [0.1, 0.15) is 0 Å². The second-order valence-electron chi connectivity index (χ2n) is 13.2. The second-order valence-corrected chi connectivity index (χ2v) is 13.2. The molecule has 0 saturated heterocycles. The maximum atomic E-state index is 6.44. The molecule has 0 fully saturated rings. The molecule has 3 heteroatoms. The van der Waals surface area contributed by atoms with Gasteiger partial charge in [-0.15, -0.1) is 0 Å². The fourth-order valence-corrected chi connectivity index (χ4v) is 8.68. The molecule has 226 valence electrons. The molecule has 0 radical (unpaired) electrons. The van der Waals surface area contributed by atoms with Gasteiger partial charge < -0.3 is 13.4 Å². The molecule has 0 bridgehead atoms. The van der Waals surface area contributed by atoms with E-state index in [-0.39, 0.29) is 0 Å². The average molecular weight is 624 g/mol. The van der Waals surface area contributed by atoms with Crippen molar-refractivity contribution < 1.29 is 8.83 Å². The van der Waals surface area contributed by atoms with E-state index in [1.165, 1.54) is 54.9 Å². The second kappa shape index (κ2) is 9.06. The van der Waals surface area contributed by atoms with Gasteiger partial charge in [0.1, 0.15) is 22.3 Å². The number of hydrogen-bond donors (Lipinski definition) is 0. The largest absolute Gasteiger partial charge is 0.456 e. The number of fused-ring (bicyclic) bond motifs is 13. The maximum absolute atomic E-state index is 6.44. The summed E-state index contributed by atoms with van der Waals surface area (Å²) >= 11 is 0. The van der Waals surface area contributed by atoms with E-state index in [0.29, 0.717) is 0 Å². The summed E-state index contributed by atoms with van der Waals surface area (Å²) in [4.78, 5) is 0. The summed E-state index contributed by atoms with van der Waals surface area (Å²) in [6, 6.07) is 54.6. The molecule has 3 nitrogen and oxygen atoms in total. The van der Waals surface area contributed by atoms with Gasteiger partial charge in [0.05, 0.1) is 11.0 Å². The first-order valence-corrected chi connectivity index (χ1v) is 16.8. The summed E-state index contributed by atoms with van der Waals surface area (Å²) in [5.41, 5.74) is 14.7. The van der Waals surface area contributed by atoms with E-state index in [0.717, 1.165) is 60.6 Å². The van der Waals surface area contributed by atoms with Crippen molar-refractivity contribution in [1.82, 2.24) is 4.57 Å². The van der Waals surface area contributed by atoms with Crippen molar-refractivity contribution in [3.63, 3.8) is 0 Å². The average Bonchev–Trinajstić information content (AvgIpc) is 3.90. The van der Waals surface area contributed by atoms with E-state index in [1.807, 2.05) is 6.07 Å².